The summed E-state index contributed by atoms with van der Waals surface area (Å²) in [5.41, 5.74) is 2.63. The molecule has 0 saturated carbocycles. The molecule has 1 saturated heterocycles. The number of methoxy groups -OCH3 is 1. The fourth-order valence-electron chi connectivity index (χ4n) is 4.20. The minimum Gasteiger partial charge on any atom is -0.493 e. The van der Waals surface area contributed by atoms with Crippen LogP contribution < -0.4 is 14.2 Å². The van der Waals surface area contributed by atoms with Crippen LogP contribution in [0.15, 0.2) is 42.5 Å². The summed E-state index contributed by atoms with van der Waals surface area (Å²) in [4.78, 5) is 5.07. The summed E-state index contributed by atoms with van der Waals surface area (Å²) >= 11 is 0. The monoisotopic (exact) mass is 382 g/mol. The summed E-state index contributed by atoms with van der Waals surface area (Å²) in [6.07, 6.45) is 3.61. The van der Waals surface area contributed by atoms with Crippen molar-refractivity contribution in [2.24, 2.45) is 0 Å². The second-order valence-electron chi connectivity index (χ2n) is 7.78. The van der Waals surface area contributed by atoms with Crippen LogP contribution in [0.5, 0.6) is 17.2 Å². The van der Waals surface area contributed by atoms with Gasteiger partial charge in [0.05, 0.1) is 7.11 Å². The van der Waals surface area contributed by atoms with Gasteiger partial charge >= 0.3 is 0 Å². The van der Waals surface area contributed by atoms with Gasteiger partial charge in [-0.25, -0.2) is 0 Å². The van der Waals surface area contributed by atoms with Crippen molar-refractivity contribution in [3.8, 4) is 17.2 Å². The number of fused-ring (bicyclic) bond motifs is 1. The molecule has 0 radical (unpaired) electrons. The Kier molecular flexibility index (Phi) is 6.03. The highest BCUT2D eigenvalue weighted by atomic mass is 16.7. The second-order valence-corrected chi connectivity index (χ2v) is 7.78. The first kappa shape index (κ1) is 19.1. The van der Waals surface area contributed by atoms with Crippen LogP contribution in [0.2, 0.25) is 0 Å². The number of likely N-dealkylation sites (N-methyl/N-ethyl adjacent to an activating group) is 1. The van der Waals surface area contributed by atoms with Gasteiger partial charge in [0.1, 0.15) is 0 Å². The largest absolute Gasteiger partial charge is 0.493 e. The maximum absolute atomic E-state index is 5.58. The van der Waals surface area contributed by atoms with Crippen molar-refractivity contribution in [2.45, 2.75) is 31.8 Å². The van der Waals surface area contributed by atoms with Gasteiger partial charge in [0.25, 0.3) is 0 Å². The predicted molar refractivity (Wildman–Crippen MR) is 110 cm³/mol. The highest BCUT2D eigenvalue weighted by molar-refractivity contribution is 5.55. The smallest absolute Gasteiger partial charge is 0.231 e. The number of rotatable bonds is 7. The van der Waals surface area contributed by atoms with Gasteiger partial charge in [0, 0.05) is 25.7 Å². The van der Waals surface area contributed by atoms with Gasteiger partial charge in [0.15, 0.2) is 11.5 Å². The molecule has 2 aliphatic heterocycles. The van der Waals surface area contributed by atoms with E-state index in [1.54, 1.807) is 7.11 Å². The fraction of sp³-hybridized carbons (Fsp3) is 0.478. The van der Waals surface area contributed by atoms with E-state index in [0.29, 0.717) is 6.04 Å². The lowest BCUT2D eigenvalue weighted by Gasteiger charge is -2.37. The minimum atomic E-state index is 0.271. The first-order valence-electron chi connectivity index (χ1n) is 10.2. The minimum absolute atomic E-state index is 0.271. The number of ether oxygens (including phenoxy) is 3. The van der Waals surface area contributed by atoms with Crippen molar-refractivity contribution < 1.29 is 14.2 Å². The van der Waals surface area contributed by atoms with Gasteiger partial charge in [-0.15, -0.1) is 0 Å². The van der Waals surface area contributed by atoms with E-state index in [1.807, 2.05) is 0 Å². The number of nitrogens with zero attached hydrogens (tertiary/aromatic N) is 2. The van der Waals surface area contributed by atoms with Gasteiger partial charge in [-0.2, -0.15) is 0 Å². The maximum Gasteiger partial charge on any atom is 0.231 e. The lowest BCUT2D eigenvalue weighted by Crippen LogP contribution is -2.46. The molecule has 2 aromatic rings. The highest BCUT2D eigenvalue weighted by Crippen LogP contribution is 2.42. The SMILES string of the molecule is COc1cc(CN2CCC[C@@H](N(C)CCc3ccccc3)C2)cc2c1OCO2. The third-order valence-electron chi connectivity index (χ3n) is 5.82. The molecule has 1 atom stereocenters. The molecule has 0 aliphatic carbocycles. The van der Waals surface area contributed by atoms with Gasteiger partial charge in [-0.3, -0.25) is 4.90 Å². The molecule has 2 heterocycles. The van der Waals surface area contributed by atoms with E-state index in [1.165, 1.54) is 24.0 Å². The Balaban J connectivity index is 1.35. The summed E-state index contributed by atoms with van der Waals surface area (Å²) in [7, 11) is 3.94. The Hall–Kier alpha value is -2.24. The molecule has 1 fully saturated rings. The van der Waals surface area contributed by atoms with Gasteiger partial charge in [-0.1, -0.05) is 30.3 Å². The molecule has 5 nitrogen and oxygen atoms in total. The summed E-state index contributed by atoms with van der Waals surface area (Å²) in [6, 6.07) is 15.5. The Morgan fingerprint density at radius 2 is 2.00 bits per heavy atom. The molecule has 0 N–H and O–H groups in total. The molecular formula is C23H30N2O3. The summed E-state index contributed by atoms with van der Waals surface area (Å²) < 4.78 is 16.6. The zero-order valence-corrected chi connectivity index (χ0v) is 16.9. The van der Waals surface area contributed by atoms with E-state index in [0.717, 1.165) is 49.8 Å². The molecule has 5 heteroatoms. The average molecular weight is 383 g/mol. The quantitative estimate of drug-likeness (QED) is 0.731. The van der Waals surface area contributed by atoms with E-state index >= 15 is 0 Å². The molecule has 2 aromatic carbocycles. The lowest BCUT2D eigenvalue weighted by molar-refractivity contribution is 0.112. The van der Waals surface area contributed by atoms with Crippen molar-refractivity contribution in [1.82, 2.24) is 9.80 Å². The van der Waals surface area contributed by atoms with E-state index in [2.05, 4.69) is 59.3 Å². The van der Waals surface area contributed by atoms with Crippen LogP contribution in [0.1, 0.15) is 24.0 Å². The van der Waals surface area contributed by atoms with Crippen LogP contribution in [0.25, 0.3) is 0 Å². The molecule has 0 unspecified atom stereocenters. The molecule has 0 bridgehead atoms. The zero-order chi connectivity index (χ0) is 19.3. The zero-order valence-electron chi connectivity index (χ0n) is 16.9. The predicted octanol–water partition coefficient (Wildman–Crippen LogP) is 3.56. The van der Waals surface area contributed by atoms with Crippen LogP contribution >= 0.6 is 0 Å². The van der Waals surface area contributed by atoms with Crippen LogP contribution in [0.3, 0.4) is 0 Å². The third kappa shape index (κ3) is 4.42. The lowest BCUT2D eigenvalue weighted by atomic mass is 10.0. The normalized spacial score (nSPS) is 19.2. The van der Waals surface area contributed by atoms with Crippen molar-refractivity contribution >= 4 is 0 Å². The summed E-state index contributed by atoms with van der Waals surface area (Å²) in [6.45, 7) is 4.52. The molecule has 150 valence electrons. The Bertz CT molecular complexity index is 781. The van der Waals surface area contributed by atoms with Crippen LogP contribution in [-0.2, 0) is 13.0 Å². The van der Waals surface area contributed by atoms with Gasteiger partial charge in [-0.05, 0) is 56.1 Å². The standard InChI is InChI=1S/C23H30N2O3/c1-24(12-10-18-7-4-3-5-8-18)20-9-6-11-25(16-20)15-19-13-21(26-2)23-22(14-19)27-17-28-23/h3-5,7-8,13-14,20H,6,9-12,15-17H2,1-2H3/t20-/m1/s1. The topological polar surface area (TPSA) is 34.2 Å². The van der Waals surface area contributed by atoms with Crippen molar-refractivity contribution in [3.05, 3.63) is 53.6 Å². The van der Waals surface area contributed by atoms with E-state index in [-0.39, 0.29) is 6.79 Å². The third-order valence-corrected chi connectivity index (χ3v) is 5.82. The average Bonchev–Trinajstić information content (AvgIpc) is 3.21. The fourth-order valence-corrected chi connectivity index (χ4v) is 4.20. The number of hydrogen-bond donors (Lipinski definition) is 0. The van der Waals surface area contributed by atoms with Crippen molar-refractivity contribution in [2.75, 3.05) is 40.6 Å². The first-order valence-corrected chi connectivity index (χ1v) is 10.2. The summed E-state index contributed by atoms with van der Waals surface area (Å²) in [5.74, 6) is 2.28. The van der Waals surface area contributed by atoms with E-state index in [4.69, 9.17) is 14.2 Å². The molecule has 4 rings (SSSR count). The number of piperidine rings is 1. The Labute approximate surface area is 167 Å². The van der Waals surface area contributed by atoms with Crippen LogP contribution in [0.4, 0.5) is 0 Å². The molecular weight excluding hydrogens is 352 g/mol. The van der Waals surface area contributed by atoms with Crippen molar-refractivity contribution in [3.63, 3.8) is 0 Å². The summed E-state index contributed by atoms with van der Waals surface area (Å²) in [5, 5.41) is 0. The van der Waals surface area contributed by atoms with Gasteiger partial charge < -0.3 is 19.1 Å². The number of benzene rings is 2. The Morgan fingerprint density at radius 1 is 1.14 bits per heavy atom. The number of likely N-dealkylation sites (tertiary alicyclic amines) is 1. The van der Waals surface area contributed by atoms with Crippen LogP contribution in [-0.4, -0.2) is 56.4 Å². The molecule has 0 aromatic heterocycles. The van der Waals surface area contributed by atoms with E-state index < -0.39 is 0 Å². The molecule has 28 heavy (non-hydrogen) atoms. The highest BCUT2D eigenvalue weighted by Gasteiger charge is 2.25. The molecule has 2 aliphatic rings. The Morgan fingerprint density at radius 3 is 2.82 bits per heavy atom. The van der Waals surface area contributed by atoms with Crippen LogP contribution in [0, 0.1) is 0 Å². The molecule has 0 amide bonds. The van der Waals surface area contributed by atoms with E-state index in [9.17, 15) is 0 Å². The van der Waals surface area contributed by atoms with Gasteiger partial charge in [0.2, 0.25) is 12.5 Å². The number of hydrogen-bond acceptors (Lipinski definition) is 5. The first-order chi connectivity index (χ1) is 13.7. The van der Waals surface area contributed by atoms with Crippen molar-refractivity contribution in [1.29, 1.82) is 0 Å². The second kappa shape index (κ2) is 8.84. The maximum atomic E-state index is 5.58. The molecule has 0 spiro atoms.